The molecule has 7 heteroatoms. The first-order valence-corrected chi connectivity index (χ1v) is 5.77. The Balaban J connectivity index is 2.43. The fourth-order valence-electron chi connectivity index (χ4n) is 1.40. The van der Waals surface area contributed by atoms with E-state index >= 15 is 0 Å². The van der Waals surface area contributed by atoms with Crippen molar-refractivity contribution >= 4 is 11.6 Å². The smallest absolute Gasteiger partial charge is 0.253 e. The number of rotatable bonds is 7. The molecule has 1 aromatic rings. The number of carbonyl (C=O) groups is 1. The zero-order valence-electron chi connectivity index (χ0n) is 10.3. The van der Waals surface area contributed by atoms with Gasteiger partial charge in [0.15, 0.2) is 11.6 Å². The Bertz CT molecular complexity index is 441. The highest BCUT2D eigenvalue weighted by Crippen LogP contribution is 2.16. The molecule has 0 fully saturated rings. The summed E-state index contributed by atoms with van der Waals surface area (Å²) in [6, 6.07) is 1.54. The second-order valence-electron chi connectivity index (χ2n) is 3.80. The summed E-state index contributed by atoms with van der Waals surface area (Å²) in [7, 11) is 0. The number of anilines is 1. The Morgan fingerprint density at radius 2 is 2.00 bits per heavy atom. The summed E-state index contributed by atoms with van der Waals surface area (Å²) in [6.45, 7) is 0.874. The normalized spacial score (nSPS) is 10.5. The van der Waals surface area contributed by atoms with Crippen molar-refractivity contribution in [3.8, 4) is 0 Å². The van der Waals surface area contributed by atoms with E-state index in [1.807, 2.05) is 0 Å². The average Bonchev–Trinajstić information content (AvgIpc) is 2.37. The summed E-state index contributed by atoms with van der Waals surface area (Å²) in [5.74, 6) is -2.78. The molecule has 0 aromatic heterocycles. The molecule has 19 heavy (non-hydrogen) atoms. The molecule has 4 N–H and O–H groups in total. The third-order valence-electron chi connectivity index (χ3n) is 2.32. The van der Waals surface area contributed by atoms with Gasteiger partial charge in [-0.1, -0.05) is 0 Å². The van der Waals surface area contributed by atoms with Crippen LogP contribution in [0.4, 0.5) is 14.5 Å². The van der Waals surface area contributed by atoms with Gasteiger partial charge < -0.3 is 20.9 Å². The van der Waals surface area contributed by atoms with Gasteiger partial charge in [0.2, 0.25) is 0 Å². The van der Waals surface area contributed by atoms with Crippen LogP contribution in [0, 0.1) is 11.6 Å². The SMILES string of the molecule is Nc1cc(F)c(F)cc1C(=O)NCCCOCCO. The van der Waals surface area contributed by atoms with Crippen LogP contribution in [0.5, 0.6) is 0 Å². The second-order valence-corrected chi connectivity index (χ2v) is 3.80. The van der Waals surface area contributed by atoms with Crippen molar-refractivity contribution in [3.05, 3.63) is 29.3 Å². The lowest BCUT2D eigenvalue weighted by atomic mass is 10.1. The number of aliphatic hydroxyl groups is 1. The minimum Gasteiger partial charge on any atom is -0.398 e. The number of amides is 1. The maximum atomic E-state index is 13.0. The molecule has 0 aliphatic carbocycles. The number of hydrogen-bond donors (Lipinski definition) is 3. The minimum atomic E-state index is -1.12. The number of halogens is 2. The predicted octanol–water partition coefficient (Wildman–Crippen LogP) is 0.676. The highest BCUT2D eigenvalue weighted by molar-refractivity contribution is 5.99. The van der Waals surface area contributed by atoms with E-state index in [-0.39, 0.29) is 24.5 Å². The van der Waals surface area contributed by atoms with Crippen LogP contribution in [0.25, 0.3) is 0 Å². The van der Waals surface area contributed by atoms with Gasteiger partial charge in [-0.3, -0.25) is 4.79 Å². The summed E-state index contributed by atoms with van der Waals surface area (Å²) >= 11 is 0. The fraction of sp³-hybridized carbons (Fsp3) is 0.417. The number of aliphatic hydroxyl groups excluding tert-OH is 1. The van der Waals surface area contributed by atoms with Gasteiger partial charge in [0.1, 0.15) is 0 Å². The van der Waals surface area contributed by atoms with Gasteiger partial charge in [-0.05, 0) is 12.5 Å². The van der Waals surface area contributed by atoms with E-state index in [0.717, 1.165) is 12.1 Å². The molecule has 1 aromatic carbocycles. The standard InChI is InChI=1S/C12H16F2N2O3/c13-9-6-8(11(15)7-10(9)14)12(18)16-2-1-4-19-5-3-17/h6-7,17H,1-5,15H2,(H,16,18). The molecule has 0 bridgehead atoms. The number of carbonyl (C=O) groups excluding carboxylic acids is 1. The molecule has 106 valence electrons. The monoisotopic (exact) mass is 274 g/mol. The van der Waals surface area contributed by atoms with E-state index in [1.54, 1.807) is 0 Å². The fourth-order valence-corrected chi connectivity index (χ4v) is 1.40. The number of nitrogen functional groups attached to an aromatic ring is 1. The number of ether oxygens (including phenoxy) is 1. The van der Waals surface area contributed by atoms with Crippen LogP contribution in [0.2, 0.25) is 0 Å². The van der Waals surface area contributed by atoms with E-state index in [9.17, 15) is 13.6 Å². The molecule has 0 aliphatic rings. The van der Waals surface area contributed by atoms with Crippen molar-refractivity contribution < 1.29 is 23.4 Å². The number of benzene rings is 1. The van der Waals surface area contributed by atoms with Gasteiger partial charge in [0.05, 0.1) is 18.8 Å². The molecule has 0 aliphatic heterocycles. The van der Waals surface area contributed by atoms with E-state index in [0.29, 0.717) is 19.6 Å². The largest absolute Gasteiger partial charge is 0.398 e. The molecule has 5 nitrogen and oxygen atoms in total. The van der Waals surface area contributed by atoms with Gasteiger partial charge in [-0.15, -0.1) is 0 Å². The van der Waals surface area contributed by atoms with Crippen LogP contribution < -0.4 is 11.1 Å². The van der Waals surface area contributed by atoms with Gasteiger partial charge in [0, 0.05) is 24.9 Å². The van der Waals surface area contributed by atoms with Crippen LogP contribution in [0.15, 0.2) is 12.1 Å². The Morgan fingerprint density at radius 3 is 2.68 bits per heavy atom. The number of nitrogens with two attached hydrogens (primary N) is 1. The van der Waals surface area contributed by atoms with Crippen molar-refractivity contribution in [2.45, 2.75) is 6.42 Å². The first kappa shape index (κ1) is 15.3. The molecule has 1 amide bonds. The molecule has 0 radical (unpaired) electrons. The van der Waals surface area contributed by atoms with E-state index in [2.05, 4.69) is 5.32 Å². The highest BCUT2D eigenvalue weighted by atomic mass is 19.2. The molecule has 0 atom stereocenters. The third kappa shape index (κ3) is 4.80. The van der Waals surface area contributed by atoms with Crippen LogP contribution in [-0.2, 0) is 4.74 Å². The summed E-state index contributed by atoms with van der Waals surface area (Å²) in [6.07, 6.45) is 0.537. The molecule has 0 spiro atoms. The Morgan fingerprint density at radius 1 is 1.32 bits per heavy atom. The van der Waals surface area contributed by atoms with Crippen molar-refractivity contribution in [2.75, 3.05) is 32.1 Å². The first-order chi connectivity index (χ1) is 9.06. The van der Waals surface area contributed by atoms with Crippen molar-refractivity contribution in [3.63, 3.8) is 0 Å². The van der Waals surface area contributed by atoms with Crippen LogP contribution in [0.3, 0.4) is 0 Å². The van der Waals surface area contributed by atoms with E-state index in [4.69, 9.17) is 15.6 Å². The number of hydrogen-bond acceptors (Lipinski definition) is 4. The molecular weight excluding hydrogens is 258 g/mol. The summed E-state index contributed by atoms with van der Waals surface area (Å²) in [5, 5.41) is 11.0. The Kier molecular flexibility index (Phi) is 6.17. The second kappa shape index (κ2) is 7.65. The molecule has 0 saturated heterocycles. The maximum Gasteiger partial charge on any atom is 0.253 e. The van der Waals surface area contributed by atoms with Crippen molar-refractivity contribution in [2.24, 2.45) is 0 Å². The van der Waals surface area contributed by atoms with E-state index in [1.165, 1.54) is 0 Å². The number of nitrogens with one attached hydrogen (secondary N) is 1. The maximum absolute atomic E-state index is 13.0. The predicted molar refractivity (Wildman–Crippen MR) is 65.6 cm³/mol. The van der Waals surface area contributed by atoms with Gasteiger partial charge in [-0.2, -0.15) is 0 Å². The first-order valence-electron chi connectivity index (χ1n) is 5.77. The average molecular weight is 274 g/mol. The lowest BCUT2D eigenvalue weighted by Crippen LogP contribution is -2.26. The summed E-state index contributed by atoms with van der Waals surface area (Å²) in [5.41, 5.74) is 5.22. The Labute approximate surface area is 109 Å². The van der Waals surface area contributed by atoms with Crippen molar-refractivity contribution in [1.29, 1.82) is 0 Å². The summed E-state index contributed by atoms with van der Waals surface area (Å²) < 4.78 is 30.8. The molecule has 0 heterocycles. The quantitative estimate of drug-likeness (QED) is 0.504. The third-order valence-corrected chi connectivity index (χ3v) is 2.32. The van der Waals surface area contributed by atoms with Crippen LogP contribution >= 0.6 is 0 Å². The van der Waals surface area contributed by atoms with Crippen LogP contribution in [0.1, 0.15) is 16.8 Å². The molecular formula is C12H16F2N2O3. The van der Waals surface area contributed by atoms with Gasteiger partial charge in [-0.25, -0.2) is 8.78 Å². The minimum absolute atomic E-state index is 0.0578. The Hall–Kier alpha value is -1.73. The molecule has 0 saturated carbocycles. The summed E-state index contributed by atoms with van der Waals surface area (Å²) in [4.78, 5) is 11.7. The van der Waals surface area contributed by atoms with Gasteiger partial charge in [0.25, 0.3) is 5.91 Å². The van der Waals surface area contributed by atoms with E-state index < -0.39 is 17.5 Å². The molecule has 0 unspecified atom stereocenters. The zero-order chi connectivity index (χ0) is 14.3. The van der Waals surface area contributed by atoms with Crippen molar-refractivity contribution in [1.82, 2.24) is 5.32 Å². The van der Waals surface area contributed by atoms with Crippen LogP contribution in [-0.4, -0.2) is 37.4 Å². The molecule has 1 rings (SSSR count). The highest BCUT2D eigenvalue weighted by Gasteiger charge is 2.13. The lowest BCUT2D eigenvalue weighted by Gasteiger charge is -2.08. The zero-order valence-corrected chi connectivity index (χ0v) is 10.3. The topological polar surface area (TPSA) is 84.6 Å². The van der Waals surface area contributed by atoms with Gasteiger partial charge >= 0.3 is 0 Å². The lowest BCUT2D eigenvalue weighted by molar-refractivity contribution is 0.0868.